The molecule has 2 aliphatic rings. The number of benzene rings is 2. The molecule has 1 amide bonds. The second kappa shape index (κ2) is 11.1. The van der Waals surface area contributed by atoms with Gasteiger partial charge in [-0.15, -0.1) is 0 Å². The third-order valence-electron chi connectivity index (χ3n) is 6.43. The van der Waals surface area contributed by atoms with Crippen molar-refractivity contribution in [3.8, 4) is 0 Å². The first-order valence-electron chi connectivity index (χ1n) is 12.2. The summed E-state index contributed by atoms with van der Waals surface area (Å²) in [7, 11) is -3.63. The number of carbonyl (C=O) groups is 1. The Morgan fingerprint density at radius 3 is 2.50 bits per heavy atom. The van der Waals surface area contributed by atoms with Crippen LogP contribution in [0.3, 0.4) is 0 Å². The van der Waals surface area contributed by atoms with Gasteiger partial charge in [-0.05, 0) is 55.6 Å². The molecule has 2 heterocycles. The molecule has 182 valence electrons. The van der Waals surface area contributed by atoms with Gasteiger partial charge in [0, 0.05) is 18.7 Å². The summed E-state index contributed by atoms with van der Waals surface area (Å²) < 4.78 is 27.3. The van der Waals surface area contributed by atoms with Crippen LogP contribution in [-0.2, 0) is 27.9 Å². The Hall–Kier alpha value is -2.71. The van der Waals surface area contributed by atoms with Crippen molar-refractivity contribution >= 4 is 21.8 Å². The molecule has 0 aromatic heterocycles. The van der Waals surface area contributed by atoms with Crippen molar-refractivity contribution in [3.63, 3.8) is 0 Å². The summed E-state index contributed by atoms with van der Waals surface area (Å²) in [6, 6.07) is 14.5. The fraction of sp³-hybridized carbons (Fsp3) is 0.462. The van der Waals surface area contributed by atoms with Crippen LogP contribution < -0.4 is 10.0 Å². The molecule has 0 radical (unpaired) electrons. The Kier molecular flexibility index (Phi) is 8.00. The quantitative estimate of drug-likeness (QED) is 0.572. The molecule has 8 heteroatoms. The third kappa shape index (κ3) is 6.04. The van der Waals surface area contributed by atoms with Crippen LogP contribution in [0.15, 0.2) is 58.4 Å². The van der Waals surface area contributed by atoms with Crippen LogP contribution in [0.2, 0.25) is 0 Å². The average molecular weight is 483 g/mol. The molecule has 0 saturated carbocycles. The molecular weight excluding hydrogens is 448 g/mol. The minimum atomic E-state index is -3.63. The number of fused-ring (bicyclic) bond motifs is 1. The van der Waals surface area contributed by atoms with Crippen LogP contribution in [0.4, 0.5) is 0 Å². The van der Waals surface area contributed by atoms with Crippen molar-refractivity contribution in [1.29, 1.82) is 0 Å². The molecule has 2 aromatic carbocycles. The number of likely N-dealkylation sites (tertiary alicyclic amines) is 1. The molecule has 1 unspecified atom stereocenters. The van der Waals surface area contributed by atoms with E-state index in [1.807, 2.05) is 0 Å². The van der Waals surface area contributed by atoms with E-state index in [0.717, 1.165) is 24.9 Å². The minimum Gasteiger partial charge on any atom is -0.350 e. The van der Waals surface area contributed by atoms with Crippen LogP contribution in [0.5, 0.6) is 0 Å². The number of amides is 1. The fourth-order valence-corrected chi connectivity index (χ4v) is 5.72. The smallest absolute Gasteiger partial charge is 0.263 e. The summed E-state index contributed by atoms with van der Waals surface area (Å²) in [6.07, 6.45) is 6.20. The predicted molar refractivity (Wildman–Crippen MR) is 134 cm³/mol. The van der Waals surface area contributed by atoms with Gasteiger partial charge in [0.2, 0.25) is 5.91 Å². The number of nitrogens with one attached hydrogen (secondary N) is 2. The topological polar surface area (TPSA) is 90.9 Å². The zero-order chi connectivity index (χ0) is 24.0. The molecule has 0 bridgehead atoms. The maximum atomic E-state index is 13.0. The Morgan fingerprint density at radius 2 is 1.76 bits per heavy atom. The lowest BCUT2D eigenvalue weighted by atomic mass is 10.1. The van der Waals surface area contributed by atoms with E-state index in [1.54, 1.807) is 24.3 Å². The first-order valence-corrected chi connectivity index (χ1v) is 13.7. The first kappa shape index (κ1) is 24.4. The van der Waals surface area contributed by atoms with Crippen molar-refractivity contribution in [2.24, 2.45) is 4.99 Å². The maximum absolute atomic E-state index is 13.0. The van der Waals surface area contributed by atoms with E-state index in [4.69, 9.17) is 0 Å². The van der Waals surface area contributed by atoms with Gasteiger partial charge in [-0.2, -0.15) is 0 Å². The second-order valence-electron chi connectivity index (χ2n) is 9.11. The molecule has 34 heavy (non-hydrogen) atoms. The van der Waals surface area contributed by atoms with Crippen LogP contribution in [0.25, 0.3) is 0 Å². The fourth-order valence-electron chi connectivity index (χ4n) is 4.48. The van der Waals surface area contributed by atoms with Gasteiger partial charge >= 0.3 is 0 Å². The molecule has 2 aromatic rings. The van der Waals surface area contributed by atoms with E-state index >= 15 is 0 Å². The summed E-state index contributed by atoms with van der Waals surface area (Å²) in [5.41, 5.74) is 2.84. The Balaban J connectivity index is 1.40. The molecule has 0 aliphatic carbocycles. The van der Waals surface area contributed by atoms with E-state index in [0.29, 0.717) is 18.5 Å². The molecular formula is C26H34N4O3S. The SMILES string of the molecule is CCCCC(N=C1NS(=O)(=O)c2ccccc21)C(=O)NCc1ccc(CN2CCCCC2)cc1. The highest BCUT2D eigenvalue weighted by atomic mass is 32.2. The van der Waals surface area contributed by atoms with Crippen molar-refractivity contribution in [2.75, 3.05) is 13.1 Å². The van der Waals surface area contributed by atoms with Gasteiger partial charge in [-0.25, -0.2) is 8.42 Å². The average Bonchev–Trinajstić information content (AvgIpc) is 3.11. The monoisotopic (exact) mass is 482 g/mol. The van der Waals surface area contributed by atoms with E-state index in [2.05, 4.69) is 51.1 Å². The van der Waals surface area contributed by atoms with Crippen LogP contribution in [0.1, 0.15) is 62.1 Å². The zero-order valence-electron chi connectivity index (χ0n) is 19.8. The normalized spacial score (nSPS) is 19.4. The zero-order valence-corrected chi connectivity index (χ0v) is 20.6. The second-order valence-corrected chi connectivity index (χ2v) is 10.8. The molecule has 0 spiro atoms. The number of piperidine rings is 1. The van der Waals surface area contributed by atoms with Crippen molar-refractivity contribution in [3.05, 3.63) is 65.2 Å². The highest BCUT2D eigenvalue weighted by Crippen LogP contribution is 2.23. The number of aliphatic imine (C=N–C) groups is 1. The molecule has 1 fully saturated rings. The number of carbonyl (C=O) groups excluding carboxylic acids is 1. The van der Waals surface area contributed by atoms with Crippen LogP contribution in [-0.4, -0.2) is 44.2 Å². The number of nitrogens with zero attached hydrogens (tertiary/aromatic N) is 2. The number of sulfonamides is 1. The largest absolute Gasteiger partial charge is 0.350 e. The van der Waals surface area contributed by atoms with E-state index < -0.39 is 16.1 Å². The summed E-state index contributed by atoms with van der Waals surface area (Å²) in [4.78, 5) is 20.3. The highest BCUT2D eigenvalue weighted by molar-refractivity contribution is 7.90. The summed E-state index contributed by atoms with van der Waals surface area (Å²) in [6.45, 7) is 5.78. The summed E-state index contributed by atoms with van der Waals surface area (Å²) in [5.74, 6) is 0.0517. The van der Waals surface area contributed by atoms with Crippen molar-refractivity contribution < 1.29 is 13.2 Å². The van der Waals surface area contributed by atoms with Crippen molar-refractivity contribution in [2.45, 2.75) is 69.5 Å². The lowest BCUT2D eigenvalue weighted by molar-refractivity contribution is -0.122. The molecule has 4 rings (SSSR count). The molecule has 7 nitrogen and oxygen atoms in total. The van der Waals surface area contributed by atoms with Gasteiger partial charge in [0.25, 0.3) is 10.0 Å². The van der Waals surface area contributed by atoms with Gasteiger partial charge in [0.05, 0.1) is 4.90 Å². The van der Waals surface area contributed by atoms with Crippen molar-refractivity contribution in [1.82, 2.24) is 14.9 Å². The third-order valence-corrected chi connectivity index (χ3v) is 7.82. The predicted octanol–water partition coefficient (Wildman–Crippen LogP) is 3.59. The summed E-state index contributed by atoms with van der Waals surface area (Å²) >= 11 is 0. The first-order chi connectivity index (χ1) is 16.5. The van der Waals surface area contributed by atoms with E-state index in [1.165, 1.54) is 37.9 Å². The number of hydrogen-bond acceptors (Lipinski definition) is 5. The highest BCUT2D eigenvalue weighted by Gasteiger charge is 2.31. The minimum absolute atomic E-state index is 0.193. The lowest BCUT2D eigenvalue weighted by Crippen LogP contribution is -2.35. The Morgan fingerprint density at radius 1 is 1.06 bits per heavy atom. The molecule has 1 saturated heterocycles. The number of rotatable bonds is 9. The Bertz CT molecular complexity index is 1120. The maximum Gasteiger partial charge on any atom is 0.263 e. The van der Waals surface area contributed by atoms with Gasteiger partial charge < -0.3 is 5.32 Å². The Labute approximate surface area is 202 Å². The van der Waals surface area contributed by atoms with E-state index in [9.17, 15) is 13.2 Å². The molecule has 1 atom stereocenters. The van der Waals surface area contributed by atoms with Gasteiger partial charge in [-0.1, -0.05) is 62.6 Å². The molecule has 2 N–H and O–H groups in total. The van der Waals surface area contributed by atoms with Crippen LogP contribution >= 0.6 is 0 Å². The van der Waals surface area contributed by atoms with E-state index in [-0.39, 0.29) is 16.6 Å². The van der Waals surface area contributed by atoms with Gasteiger partial charge in [0.1, 0.15) is 11.9 Å². The number of unbranched alkanes of at least 4 members (excludes halogenated alkanes) is 1. The standard InChI is InChI=1S/C26H34N4O3S/c1-2-3-10-23(28-25-22-9-5-6-11-24(22)34(32,33)29-25)26(31)27-18-20-12-14-21(15-13-20)19-30-16-7-4-8-17-30/h5-6,9,11-15,23H,2-4,7-8,10,16-19H2,1H3,(H,27,31)(H,28,29). The van der Waals surface area contributed by atoms with Gasteiger partial charge in [-0.3, -0.25) is 19.4 Å². The van der Waals surface area contributed by atoms with Crippen LogP contribution in [0, 0.1) is 0 Å². The number of amidine groups is 1. The lowest BCUT2D eigenvalue weighted by Gasteiger charge is -2.26. The summed E-state index contributed by atoms with van der Waals surface area (Å²) in [5, 5.41) is 2.99. The number of hydrogen-bond donors (Lipinski definition) is 2. The van der Waals surface area contributed by atoms with Gasteiger partial charge in [0.15, 0.2) is 0 Å². The molecule has 2 aliphatic heterocycles.